The molecule has 1 saturated heterocycles. The van der Waals surface area contributed by atoms with E-state index < -0.39 is 0 Å². The summed E-state index contributed by atoms with van der Waals surface area (Å²) >= 11 is 0. The molecule has 0 saturated carbocycles. The van der Waals surface area contributed by atoms with E-state index in [1.54, 1.807) is 11.8 Å². The number of anilines is 2. The standard InChI is InChI=1S/C17H26N4O/c1-2-5-14(6-3-1)8-10-18-17-19-11-9-16(21-17)20-13-15-7-4-12-22-15/h5,9,11,15H,1-4,6-8,10,12-13H2,(H2,18,19,20,21). The fraction of sp³-hybridized carbons (Fsp3) is 0.647. The van der Waals surface area contributed by atoms with Gasteiger partial charge in [-0.3, -0.25) is 0 Å². The maximum atomic E-state index is 5.61. The number of hydrogen-bond donors (Lipinski definition) is 2. The molecule has 1 aliphatic heterocycles. The lowest BCUT2D eigenvalue weighted by atomic mass is 9.97. The number of ether oxygens (including phenoxy) is 1. The highest BCUT2D eigenvalue weighted by molar-refractivity contribution is 5.39. The molecule has 1 aromatic heterocycles. The van der Waals surface area contributed by atoms with E-state index in [0.29, 0.717) is 12.1 Å². The van der Waals surface area contributed by atoms with Gasteiger partial charge in [0.05, 0.1) is 6.10 Å². The number of rotatable bonds is 7. The number of allylic oxidation sites excluding steroid dienone is 1. The van der Waals surface area contributed by atoms with Crippen molar-refractivity contribution in [2.45, 2.75) is 51.0 Å². The van der Waals surface area contributed by atoms with Gasteiger partial charge in [0.2, 0.25) is 5.95 Å². The minimum Gasteiger partial charge on any atom is -0.376 e. The van der Waals surface area contributed by atoms with Crippen LogP contribution < -0.4 is 10.6 Å². The van der Waals surface area contributed by atoms with E-state index in [1.807, 2.05) is 6.07 Å². The molecule has 120 valence electrons. The molecule has 0 bridgehead atoms. The van der Waals surface area contributed by atoms with Crippen LogP contribution in [0.2, 0.25) is 0 Å². The molecule has 5 heteroatoms. The third kappa shape index (κ3) is 4.70. The zero-order chi connectivity index (χ0) is 15.0. The Morgan fingerprint density at radius 2 is 2.23 bits per heavy atom. The number of aromatic nitrogens is 2. The van der Waals surface area contributed by atoms with Gasteiger partial charge in [-0.05, 0) is 51.0 Å². The van der Waals surface area contributed by atoms with E-state index in [-0.39, 0.29) is 0 Å². The predicted molar refractivity (Wildman–Crippen MR) is 89.2 cm³/mol. The molecule has 2 heterocycles. The number of nitrogens with one attached hydrogen (secondary N) is 2. The van der Waals surface area contributed by atoms with Crippen molar-refractivity contribution in [3.05, 3.63) is 23.9 Å². The van der Waals surface area contributed by atoms with Crippen LogP contribution in [0.1, 0.15) is 44.9 Å². The maximum Gasteiger partial charge on any atom is 0.224 e. The molecular weight excluding hydrogens is 276 g/mol. The highest BCUT2D eigenvalue weighted by Gasteiger charge is 2.15. The Labute approximate surface area is 132 Å². The van der Waals surface area contributed by atoms with E-state index in [4.69, 9.17) is 4.74 Å². The van der Waals surface area contributed by atoms with Gasteiger partial charge in [-0.15, -0.1) is 0 Å². The van der Waals surface area contributed by atoms with Gasteiger partial charge >= 0.3 is 0 Å². The fourth-order valence-electron chi connectivity index (χ4n) is 3.03. The zero-order valence-corrected chi connectivity index (χ0v) is 13.2. The first kappa shape index (κ1) is 15.3. The average Bonchev–Trinajstić information content (AvgIpc) is 3.08. The van der Waals surface area contributed by atoms with Crippen molar-refractivity contribution in [2.24, 2.45) is 0 Å². The van der Waals surface area contributed by atoms with Gasteiger partial charge in [0, 0.05) is 25.9 Å². The van der Waals surface area contributed by atoms with E-state index in [0.717, 1.165) is 38.4 Å². The lowest BCUT2D eigenvalue weighted by Crippen LogP contribution is -2.19. The quantitative estimate of drug-likeness (QED) is 0.756. The number of nitrogens with zero attached hydrogens (tertiary/aromatic N) is 2. The monoisotopic (exact) mass is 302 g/mol. The summed E-state index contributed by atoms with van der Waals surface area (Å²) in [6.45, 7) is 2.61. The summed E-state index contributed by atoms with van der Waals surface area (Å²) in [5.41, 5.74) is 1.58. The summed E-state index contributed by atoms with van der Waals surface area (Å²) in [4.78, 5) is 8.80. The first-order valence-corrected chi connectivity index (χ1v) is 8.50. The normalized spacial score (nSPS) is 21.5. The zero-order valence-electron chi connectivity index (χ0n) is 13.2. The minimum absolute atomic E-state index is 0.324. The maximum absolute atomic E-state index is 5.61. The van der Waals surface area contributed by atoms with Crippen LogP contribution in [0.4, 0.5) is 11.8 Å². The molecule has 5 nitrogen and oxygen atoms in total. The molecule has 0 aromatic carbocycles. The second kappa shape index (κ2) is 8.13. The van der Waals surface area contributed by atoms with Gasteiger partial charge in [0.25, 0.3) is 0 Å². The SMILES string of the molecule is C1=C(CCNc2nccc(NCC3CCCO3)n2)CCCC1. The van der Waals surface area contributed by atoms with Crippen molar-refractivity contribution in [1.82, 2.24) is 9.97 Å². The van der Waals surface area contributed by atoms with Crippen LogP contribution in [0, 0.1) is 0 Å². The van der Waals surface area contributed by atoms with Crippen LogP contribution in [0.15, 0.2) is 23.9 Å². The first-order chi connectivity index (χ1) is 10.9. The van der Waals surface area contributed by atoms with Gasteiger partial charge in [0.15, 0.2) is 0 Å². The Morgan fingerprint density at radius 3 is 3.05 bits per heavy atom. The van der Waals surface area contributed by atoms with E-state index in [9.17, 15) is 0 Å². The molecular formula is C17H26N4O. The first-order valence-electron chi connectivity index (χ1n) is 8.50. The smallest absolute Gasteiger partial charge is 0.224 e. The highest BCUT2D eigenvalue weighted by atomic mass is 16.5. The van der Waals surface area contributed by atoms with Crippen molar-refractivity contribution >= 4 is 11.8 Å². The third-order valence-corrected chi connectivity index (χ3v) is 4.30. The Bertz CT molecular complexity index is 497. The summed E-state index contributed by atoms with van der Waals surface area (Å²) in [6.07, 6.45) is 13.1. The summed E-state index contributed by atoms with van der Waals surface area (Å²) < 4.78 is 5.61. The van der Waals surface area contributed by atoms with Gasteiger partial charge in [0.1, 0.15) is 5.82 Å². The Hall–Kier alpha value is -1.62. The molecule has 3 rings (SSSR count). The van der Waals surface area contributed by atoms with Gasteiger partial charge in [-0.1, -0.05) is 11.6 Å². The fourth-order valence-corrected chi connectivity index (χ4v) is 3.03. The average molecular weight is 302 g/mol. The van der Waals surface area contributed by atoms with Crippen molar-refractivity contribution in [3.63, 3.8) is 0 Å². The lowest BCUT2D eigenvalue weighted by Gasteiger charge is -2.14. The second-order valence-electron chi connectivity index (χ2n) is 6.07. The van der Waals surface area contributed by atoms with E-state index in [2.05, 4.69) is 26.7 Å². The number of hydrogen-bond acceptors (Lipinski definition) is 5. The molecule has 1 aliphatic carbocycles. The molecule has 2 aliphatic rings. The van der Waals surface area contributed by atoms with Crippen molar-refractivity contribution in [1.29, 1.82) is 0 Å². The largest absolute Gasteiger partial charge is 0.376 e. The Balaban J connectivity index is 1.42. The topological polar surface area (TPSA) is 59.1 Å². The second-order valence-corrected chi connectivity index (χ2v) is 6.07. The van der Waals surface area contributed by atoms with Crippen LogP contribution in [0.5, 0.6) is 0 Å². The van der Waals surface area contributed by atoms with Gasteiger partial charge in [-0.2, -0.15) is 4.98 Å². The Morgan fingerprint density at radius 1 is 1.23 bits per heavy atom. The van der Waals surface area contributed by atoms with Crippen LogP contribution >= 0.6 is 0 Å². The summed E-state index contributed by atoms with van der Waals surface area (Å²) in [5.74, 6) is 1.57. The van der Waals surface area contributed by atoms with Crippen LogP contribution in [0.25, 0.3) is 0 Å². The van der Waals surface area contributed by atoms with Crippen molar-refractivity contribution in [3.8, 4) is 0 Å². The summed E-state index contributed by atoms with van der Waals surface area (Å²) in [7, 11) is 0. The molecule has 1 fully saturated rings. The Kier molecular flexibility index (Phi) is 5.65. The molecule has 2 N–H and O–H groups in total. The van der Waals surface area contributed by atoms with Crippen LogP contribution in [0.3, 0.4) is 0 Å². The highest BCUT2D eigenvalue weighted by Crippen LogP contribution is 2.20. The molecule has 1 aromatic rings. The van der Waals surface area contributed by atoms with Gasteiger partial charge < -0.3 is 15.4 Å². The van der Waals surface area contributed by atoms with Crippen molar-refractivity contribution < 1.29 is 4.74 Å². The summed E-state index contributed by atoms with van der Waals surface area (Å²) in [5, 5.41) is 6.67. The minimum atomic E-state index is 0.324. The summed E-state index contributed by atoms with van der Waals surface area (Å²) in [6, 6.07) is 1.91. The molecule has 0 radical (unpaired) electrons. The van der Waals surface area contributed by atoms with Crippen LogP contribution in [-0.2, 0) is 4.74 Å². The molecule has 0 spiro atoms. The predicted octanol–water partition coefficient (Wildman–Crippen LogP) is 3.37. The molecule has 22 heavy (non-hydrogen) atoms. The van der Waals surface area contributed by atoms with Crippen LogP contribution in [-0.4, -0.2) is 35.8 Å². The third-order valence-electron chi connectivity index (χ3n) is 4.30. The van der Waals surface area contributed by atoms with E-state index >= 15 is 0 Å². The molecule has 1 unspecified atom stereocenters. The molecule has 1 atom stereocenters. The van der Waals surface area contributed by atoms with E-state index in [1.165, 1.54) is 32.1 Å². The van der Waals surface area contributed by atoms with Gasteiger partial charge in [-0.25, -0.2) is 4.98 Å². The molecule has 0 amide bonds. The van der Waals surface area contributed by atoms with Crippen molar-refractivity contribution in [2.75, 3.05) is 30.3 Å². The lowest BCUT2D eigenvalue weighted by molar-refractivity contribution is 0.120.